The van der Waals surface area contributed by atoms with E-state index in [-0.39, 0.29) is 5.97 Å². The molecule has 4 nitrogen and oxygen atoms in total. The van der Waals surface area contributed by atoms with Crippen LogP contribution in [-0.2, 0) is 22.6 Å². The fraction of sp³-hybridized carbons (Fsp3) is 0.500. The Bertz CT molecular complexity index is 706. The minimum absolute atomic E-state index is 0.156. The van der Waals surface area contributed by atoms with Gasteiger partial charge in [0.05, 0.1) is 13.2 Å². The number of nitrogens with zero attached hydrogens (tertiary/aromatic N) is 2. The van der Waals surface area contributed by atoms with Crippen molar-refractivity contribution in [1.82, 2.24) is 9.47 Å². The minimum atomic E-state index is -0.156. The first kappa shape index (κ1) is 20.2. The van der Waals surface area contributed by atoms with Crippen LogP contribution in [0.15, 0.2) is 42.6 Å². The quantitative estimate of drug-likeness (QED) is 0.630. The fourth-order valence-corrected chi connectivity index (χ4v) is 3.10. The number of aromatic nitrogens is 1. The molecule has 0 amide bonds. The van der Waals surface area contributed by atoms with Gasteiger partial charge in [-0.1, -0.05) is 43.7 Å². The summed E-state index contributed by atoms with van der Waals surface area (Å²) in [4.78, 5) is 14.3. The minimum Gasteiger partial charge on any atom is -0.465 e. The van der Waals surface area contributed by atoms with Crippen molar-refractivity contribution in [3.05, 3.63) is 59.4 Å². The molecule has 1 aromatic heterocycles. The summed E-state index contributed by atoms with van der Waals surface area (Å²) in [5, 5.41) is 0. The van der Waals surface area contributed by atoms with E-state index in [2.05, 4.69) is 79.8 Å². The number of hydrogen-bond acceptors (Lipinski definition) is 3. The fourth-order valence-electron chi connectivity index (χ4n) is 3.10. The number of esters is 1. The number of ether oxygens (including phenoxy) is 1. The third-order valence-electron chi connectivity index (χ3n) is 4.90. The van der Waals surface area contributed by atoms with E-state index in [1.165, 1.54) is 16.8 Å². The van der Waals surface area contributed by atoms with Crippen LogP contribution >= 0.6 is 0 Å². The third-order valence-corrected chi connectivity index (χ3v) is 4.90. The van der Waals surface area contributed by atoms with Crippen molar-refractivity contribution in [2.75, 3.05) is 13.2 Å². The van der Waals surface area contributed by atoms with Crippen LogP contribution in [0.3, 0.4) is 0 Å². The van der Waals surface area contributed by atoms with E-state index in [4.69, 9.17) is 4.74 Å². The Balaban J connectivity index is 2.15. The molecule has 2 rings (SSSR count). The lowest BCUT2D eigenvalue weighted by Gasteiger charge is -2.31. The van der Waals surface area contributed by atoms with Crippen molar-refractivity contribution >= 4 is 5.97 Å². The zero-order chi connectivity index (χ0) is 19.1. The van der Waals surface area contributed by atoms with E-state index in [0.717, 1.165) is 13.1 Å². The van der Waals surface area contributed by atoms with Crippen molar-refractivity contribution in [1.29, 1.82) is 0 Å². The average Bonchev–Trinajstić information content (AvgIpc) is 3.00. The SMILES string of the molecule is CCOC(=O)CN(Cc1cccn1Cc1cccc(C)c1)C(C)C(C)C. The number of benzene rings is 1. The predicted octanol–water partition coefficient (Wildman–Crippen LogP) is 4.25. The first-order valence-electron chi connectivity index (χ1n) is 9.50. The predicted molar refractivity (Wildman–Crippen MR) is 106 cm³/mol. The second kappa shape index (κ2) is 9.58. The molecule has 2 aromatic rings. The molecule has 0 saturated carbocycles. The summed E-state index contributed by atoms with van der Waals surface area (Å²) in [6.45, 7) is 12.8. The molecule has 1 unspecified atom stereocenters. The highest BCUT2D eigenvalue weighted by atomic mass is 16.5. The Hall–Kier alpha value is -2.07. The number of aryl methyl sites for hydroxylation is 1. The second-order valence-electron chi connectivity index (χ2n) is 7.31. The van der Waals surface area contributed by atoms with Crippen molar-refractivity contribution in [2.24, 2.45) is 5.92 Å². The van der Waals surface area contributed by atoms with Gasteiger partial charge in [-0.3, -0.25) is 9.69 Å². The zero-order valence-corrected chi connectivity index (χ0v) is 16.7. The topological polar surface area (TPSA) is 34.5 Å². The van der Waals surface area contributed by atoms with Crippen molar-refractivity contribution in [3.63, 3.8) is 0 Å². The van der Waals surface area contributed by atoms with Crippen LogP contribution in [0.1, 0.15) is 44.5 Å². The molecule has 0 fully saturated rings. The molecule has 0 aliphatic heterocycles. The van der Waals surface area contributed by atoms with Gasteiger partial charge in [-0.15, -0.1) is 0 Å². The molecule has 0 spiro atoms. The summed E-state index contributed by atoms with van der Waals surface area (Å²) in [6, 6.07) is 13.1. The highest BCUT2D eigenvalue weighted by molar-refractivity contribution is 5.71. The smallest absolute Gasteiger partial charge is 0.320 e. The molecule has 1 aromatic carbocycles. The largest absolute Gasteiger partial charge is 0.465 e. The van der Waals surface area contributed by atoms with Gasteiger partial charge in [-0.25, -0.2) is 0 Å². The van der Waals surface area contributed by atoms with E-state index in [1.54, 1.807) is 0 Å². The van der Waals surface area contributed by atoms with E-state index in [0.29, 0.717) is 25.1 Å². The van der Waals surface area contributed by atoms with Crippen LogP contribution in [0.5, 0.6) is 0 Å². The molecule has 0 N–H and O–H groups in total. The molecule has 0 saturated heterocycles. The molecular weight excluding hydrogens is 324 g/mol. The van der Waals surface area contributed by atoms with Gasteiger partial charge in [0.1, 0.15) is 0 Å². The summed E-state index contributed by atoms with van der Waals surface area (Å²) in [6.07, 6.45) is 2.11. The van der Waals surface area contributed by atoms with Gasteiger partial charge >= 0.3 is 5.97 Å². The van der Waals surface area contributed by atoms with Crippen LogP contribution in [0.2, 0.25) is 0 Å². The van der Waals surface area contributed by atoms with Gasteiger partial charge < -0.3 is 9.30 Å². The highest BCUT2D eigenvalue weighted by Gasteiger charge is 2.22. The number of rotatable bonds is 9. The molecule has 0 radical (unpaired) electrons. The monoisotopic (exact) mass is 356 g/mol. The maximum Gasteiger partial charge on any atom is 0.320 e. The van der Waals surface area contributed by atoms with Gasteiger partial charge in [0.15, 0.2) is 0 Å². The second-order valence-corrected chi connectivity index (χ2v) is 7.31. The Morgan fingerprint density at radius 1 is 1.19 bits per heavy atom. The first-order chi connectivity index (χ1) is 12.4. The average molecular weight is 357 g/mol. The van der Waals surface area contributed by atoms with E-state index < -0.39 is 0 Å². The Morgan fingerprint density at radius 2 is 1.96 bits per heavy atom. The highest BCUT2D eigenvalue weighted by Crippen LogP contribution is 2.17. The molecule has 1 heterocycles. The van der Waals surface area contributed by atoms with Crippen LogP contribution in [0, 0.1) is 12.8 Å². The zero-order valence-electron chi connectivity index (χ0n) is 16.7. The van der Waals surface area contributed by atoms with Gasteiger partial charge in [0.2, 0.25) is 0 Å². The molecule has 0 aliphatic rings. The lowest BCUT2D eigenvalue weighted by Crippen LogP contribution is -2.40. The number of carbonyl (C=O) groups excluding carboxylic acids is 1. The maximum atomic E-state index is 12.1. The molecule has 0 bridgehead atoms. The lowest BCUT2D eigenvalue weighted by atomic mass is 10.0. The number of carbonyl (C=O) groups is 1. The summed E-state index contributed by atoms with van der Waals surface area (Å²) < 4.78 is 7.44. The van der Waals surface area contributed by atoms with E-state index in [1.807, 2.05) is 6.92 Å². The Morgan fingerprint density at radius 3 is 2.62 bits per heavy atom. The van der Waals surface area contributed by atoms with Crippen LogP contribution in [-0.4, -0.2) is 34.6 Å². The maximum absolute atomic E-state index is 12.1. The number of hydrogen-bond donors (Lipinski definition) is 0. The Labute approximate surface area is 157 Å². The Kier molecular flexibility index (Phi) is 7.46. The van der Waals surface area contributed by atoms with Gasteiger partial charge in [-0.05, 0) is 44.4 Å². The van der Waals surface area contributed by atoms with Crippen LogP contribution < -0.4 is 0 Å². The molecule has 4 heteroatoms. The summed E-state index contributed by atoms with van der Waals surface area (Å²) >= 11 is 0. The normalized spacial score (nSPS) is 12.6. The van der Waals surface area contributed by atoms with Crippen molar-refractivity contribution < 1.29 is 9.53 Å². The molecular formula is C22H32N2O2. The van der Waals surface area contributed by atoms with Crippen LogP contribution in [0.25, 0.3) is 0 Å². The summed E-state index contributed by atoms with van der Waals surface area (Å²) in [5.74, 6) is 0.307. The first-order valence-corrected chi connectivity index (χ1v) is 9.50. The molecule has 142 valence electrons. The molecule has 0 aliphatic carbocycles. The van der Waals surface area contributed by atoms with Gasteiger partial charge in [0, 0.05) is 31.0 Å². The summed E-state index contributed by atoms with van der Waals surface area (Å²) in [5.41, 5.74) is 3.77. The molecule has 1 atom stereocenters. The lowest BCUT2D eigenvalue weighted by molar-refractivity contribution is -0.145. The van der Waals surface area contributed by atoms with Gasteiger partial charge in [0.25, 0.3) is 0 Å². The molecule has 26 heavy (non-hydrogen) atoms. The van der Waals surface area contributed by atoms with Crippen LogP contribution in [0.4, 0.5) is 0 Å². The van der Waals surface area contributed by atoms with Crippen molar-refractivity contribution in [2.45, 2.75) is 53.8 Å². The third kappa shape index (κ3) is 5.73. The standard InChI is InChI=1S/C22H32N2O2/c1-6-26-22(25)16-24(19(5)17(2)3)15-21-11-8-12-23(21)14-20-10-7-9-18(4)13-20/h7-13,17,19H,6,14-16H2,1-5H3. The summed E-state index contributed by atoms with van der Waals surface area (Å²) in [7, 11) is 0. The van der Waals surface area contributed by atoms with E-state index >= 15 is 0 Å². The van der Waals surface area contributed by atoms with E-state index in [9.17, 15) is 4.79 Å². The van der Waals surface area contributed by atoms with Crippen molar-refractivity contribution in [3.8, 4) is 0 Å². The van der Waals surface area contributed by atoms with Gasteiger partial charge in [-0.2, -0.15) is 0 Å².